The average molecular weight is 354 g/mol. The third-order valence-corrected chi connectivity index (χ3v) is 6.20. The van der Waals surface area contributed by atoms with Crippen molar-refractivity contribution in [3.05, 3.63) is 0 Å². The highest BCUT2D eigenvalue weighted by Gasteiger charge is 2.48. The number of nitrogens with zero attached hydrogens (tertiary/aromatic N) is 3. The lowest BCUT2D eigenvalue weighted by Gasteiger charge is -2.47. The van der Waals surface area contributed by atoms with Crippen molar-refractivity contribution in [3.63, 3.8) is 0 Å². The normalized spacial score (nSPS) is 33.2. The van der Waals surface area contributed by atoms with Crippen LogP contribution in [-0.4, -0.2) is 83.5 Å². The molecular weight excluding hydrogens is 318 g/mol. The van der Waals surface area contributed by atoms with Crippen LogP contribution in [0.25, 0.3) is 0 Å². The van der Waals surface area contributed by atoms with Crippen molar-refractivity contribution in [1.29, 1.82) is 0 Å². The van der Waals surface area contributed by atoms with E-state index in [-0.39, 0.29) is 17.7 Å². The highest BCUT2D eigenvalue weighted by atomic mass is 16.6. The highest BCUT2D eigenvalue weighted by molar-refractivity contribution is 5.68. The second-order valence-electron chi connectivity index (χ2n) is 9.24. The van der Waals surface area contributed by atoms with E-state index in [1.165, 1.54) is 0 Å². The summed E-state index contributed by atoms with van der Waals surface area (Å²) in [7, 11) is 2.03. The summed E-state index contributed by atoms with van der Waals surface area (Å²) in [6, 6.07) is 0.522. The van der Waals surface area contributed by atoms with Gasteiger partial charge >= 0.3 is 6.09 Å². The summed E-state index contributed by atoms with van der Waals surface area (Å²) >= 11 is 0. The number of carbonyl (C=O) groups excluding carboxylic acids is 1. The number of aliphatic hydroxyl groups excluding tert-OH is 1. The average Bonchev–Trinajstić information content (AvgIpc) is 2.82. The van der Waals surface area contributed by atoms with Gasteiger partial charge in [-0.1, -0.05) is 0 Å². The number of piperidine rings is 2. The lowest BCUT2D eigenvalue weighted by atomic mass is 9.77. The third kappa shape index (κ3) is 4.12. The first-order chi connectivity index (χ1) is 11.7. The van der Waals surface area contributed by atoms with Crippen molar-refractivity contribution in [1.82, 2.24) is 14.7 Å². The summed E-state index contributed by atoms with van der Waals surface area (Å²) in [5, 5.41) is 10.6. The standard InChI is InChI=1S/C19H35N3O3/c1-18(2,3)25-17(24)21-11-6-15(7-12-21)22-10-5-8-19(14-22)9-13-20(4)16(19)23/h15-16,23H,5-14H2,1-4H3. The molecule has 6 nitrogen and oxygen atoms in total. The van der Waals surface area contributed by atoms with Crippen molar-refractivity contribution in [2.24, 2.45) is 5.41 Å². The largest absolute Gasteiger partial charge is 0.444 e. The molecule has 3 heterocycles. The summed E-state index contributed by atoms with van der Waals surface area (Å²) in [6.07, 6.45) is 4.90. The molecule has 3 rings (SSSR count). The zero-order valence-corrected chi connectivity index (χ0v) is 16.3. The van der Waals surface area contributed by atoms with E-state index in [4.69, 9.17) is 4.74 Å². The first-order valence-electron chi connectivity index (χ1n) is 9.80. The lowest BCUT2D eigenvalue weighted by molar-refractivity contribution is -0.0756. The van der Waals surface area contributed by atoms with E-state index >= 15 is 0 Å². The van der Waals surface area contributed by atoms with Gasteiger partial charge in [0.05, 0.1) is 0 Å². The fraction of sp³-hybridized carbons (Fsp3) is 0.947. The third-order valence-electron chi connectivity index (χ3n) is 6.20. The van der Waals surface area contributed by atoms with Gasteiger partial charge in [-0.3, -0.25) is 9.80 Å². The van der Waals surface area contributed by atoms with Crippen LogP contribution in [0.1, 0.15) is 52.9 Å². The van der Waals surface area contributed by atoms with Crippen molar-refractivity contribution >= 4 is 6.09 Å². The maximum Gasteiger partial charge on any atom is 0.410 e. The van der Waals surface area contributed by atoms with Gasteiger partial charge in [0.15, 0.2) is 0 Å². The van der Waals surface area contributed by atoms with Crippen LogP contribution in [0.4, 0.5) is 4.79 Å². The van der Waals surface area contributed by atoms with Gasteiger partial charge in [-0.05, 0) is 66.5 Å². The van der Waals surface area contributed by atoms with Crippen LogP contribution in [0.15, 0.2) is 0 Å². The van der Waals surface area contributed by atoms with Crippen LogP contribution in [-0.2, 0) is 4.74 Å². The fourth-order valence-electron chi connectivity index (χ4n) is 4.78. The molecule has 3 aliphatic rings. The Morgan fingerprint density at radius 3 is 2.36 bits per heavy atom. The van der Waals surface area contributed by atoms with E-state index in [1.54, 1.807) is 0 Å². The SMILES string of the molecule is CN1CCC2(CCCN(C3CCN(C(=O)OC(C)(C)C)CC3)C2)C1O. The number of rotatable bonds is 1. The Kier molecular flexibility index (Phi) is 5.33. The summed E-state index contributed by atoms with van der Waals surface area (Å²) in [5.41, 5.74) is -0.382. The fourth-order valence-corrected chi connectivity index (χ4v) is 4.78. The Hall–Kier alpha value is -0.850. The van der Waals surface area contributed by atoms with E-state index in [0.717, 1.165) is 64.8 Å². The molecule has 0 aromatic heterocycles. The van der Waals surface area contributed by atoms with Gasteiger partial charge in [0.2, 0.25) is 0 Å². The van der Waals surface area contributed by atoms with Gasteiger partial charge in [-0.2, -0.15) is 0 Å². The van der Waals surface area contributed by atoms with Crippen LogP contribution in [0.5, 0.6) is 0 Å². The predicted octanol–water partition coefficient (Wildman–Crippen LogP) is 2.12. The number of aliphatic hydroxyl groups is 1. The Morgan fingerprint density at radius 1 is 1.12 bits per heavy atom. The molecule has 0 aromatic carbocycles. The smallest absolute Gasteiger partial charge is 0.410 e. The lowest BCUT2D eigenvalue weighted by Crippen LogP contribution is -2.55. The highest BCUT2D eigenvalue weighted by Crippen LogP contribution is 2.43. The second kappa shape index (κ2) is 7.05. The predicted molar refractivity (Wildman–Crippen MR) is 97.3 cm³/mol. The van der Waals surface area contributed by atoms with Crippen LogP contribution >= 0.6 is 0 Å². The summed E-state index contributed by atoms with van der Waals surface area (Å²) in [6.45, 7) is 10.4. The van der Waals surface area contributed by atoms with Crippen LogP contribution in [0.3, 0.4) is 0 Å². The first-order valence-corrected chi connectivity index (χ1v) is 9.80. The minimum atomic E-state index is -0.433. The van der Waals surface area contributed by atoms with Gasteiger partial charge in [-0.15, -0.1) is 0 Å². The maximum atomic E-state index is 12.2. The molecule has 0 aromatic rings. The molecule has 1 amide bonds. The van der Waals surface area contributed by atoms with Crippen molar-refractivity contribution < 1.29 is 14.6 Å². The molecule has 25 heavy (non-hydrogen) atoms. The van der Waals surface area contributed by atoms with Crippen LogP contribution in [0, 0.1) is 5.41 Å². The number of hydrogen-bond acceptors (Lipinski definition) is 5. The number of carbonyl (C=O) groups is 1. The quantitative estimate of drug-likeness (QED) is 0.783. The summed E-state index contributed by atoms with van der Waals surface area (Å²) in [4.78, 5) is 18.8. The maximum absolute atomic E-state index is 12.2. The van der Waals surface area contributed by atoms with Gasteiger partial charge in [0.1, 0.15) is 11.8 Å². The Balaban J connectivity index is 1.54. The van der Waals surface area contributed by atoms with Crippen LogP contribution < -0.4 is 0 Å². The monoisotopic (exact) mass is 353 g/mol. The van der Waals surface area contributed by atoms with Gasteiger partial charge in [0.25, 0.3) is 0 Å². The molecular formula is C19H35N3O3. The summed E-state index contributed by atoms with van der Waals surface area (Å²) in [5.74, 6) is 0. The zero-order chi connectivity index (χ0) is 18.2. The molecule has 3 saturated heterocycles. The van der Waals surface area contributed by atoms with E-state index in [1.807, 2.05) is 32.7 Å². The Bertz CT molecular complexity index is 481. The van der Waals surface area contributed by atoms with E-state index in [0.29, 0.717) is 6.04 Å². The molecule has 3 fully saturated rings. The molecule has 1 spiro atoms. The molecule has 6 heteroatoms. The molecule has 2 atom stereocenters. The van der Waals surface area contributed by atoms with Gasteiger partial charge in [0, 0.05) is 37.6 Å². The zero-order valence-electron chi connectivity index (χ0n) is 16.3. The van der Waals surface area contributed by atoms with E-state index < -0.39 is 5.60 Å². The van der Waals surface area contributed by atoms with Gasteiger partial charge < -0.3 is 14.7 Å². The molecule has 1 N–H and O–H groups in total. The van der Waals surface area contributed by atoms with Crippen molar-refractivity contribution in [2.75, 3.05) is 39.8 Å². The molecule has 3 aliphatic heterocycles. The number of hydrogen-bond donors (Lipinski definition) is 1. The molecule has 0 bridgehead atoms. The van der Waals surface area contributed by atoms with Crippen LogP contribution in [0.2, 0.25) is 0 Å². The Morgan fingerprint density at radius 2 is 1.80 bits per heavy atom. The first kappa shape index (κ1) is 18.9. The number of ether oxygens (including phenoxy) is 1. The minimum Gasteiger partial charge on any atom is -0.444 e. The molecule has 0 aliphatic carbocycles. The van der Waals surface area contributed by atoms with Crippen molar-refractivity contribution in [2.45, 2.75) is 70.7 Å². The Labute approximate surface area is 152 Å². The van der Waals surface area contributed by atoms with Gasteiger partial charge in [-0.25, -0.2) is 4.79 Å². The number of likely N-dealkylation sites (tertiary alicyclic amines) is 3. The van der Waals surface area contributed by atoms with Crippen molar-refractivity contribution in [3.8, 4) is 0 Å². The minimum absolute atomic E-state index is 0.0509. The second-order valence-corrected chi connectivity index (χ2v) is 9.24. The molecule has 0 saturated carbocycles. The molecule has 144 valence electrons. The summed E-state index contributed by atoms with van der Waals surface area (Å²) < 4.78 is 5.49. The number of amides is 1. The van der Waals surface area contributed by atoms with E-state index in [9.17, 15) is 9.90 Å². The topological polar surface area (TPSA) is 56.2 Å². The van der Waals surface area contributed by atoms with E-state index in [2.05, 4.69) is 9.80 Å². The molecule has 2 unspecified atom stereocenters. The molecule has 0 radical (unpaired) electrons.